The number of esters is 1. The number of carbonyl (C=O) groups is 2. The summed E-state index contributed by atoms with van der Waals surface area (Å²) in [5.74, 6) is -0.490. The average Bonchev–Trinajstić information content (AvgIpc) is 2.14. The Kier molecular flexibility index (Phi) is 5.27. The molecule has 0 rings (SSSR count). The highest BCUT2D eigenvalue weighted by molar-refractivity contribution is 5.88. The van der Waals surface area contributed by atoms with E-state index >= 15 is 0 Å². The SMILES string of the molecule is C=CN(C=O)CC(=C)C(=O)OCC. The summed E-state index contributed by atoms with van der Waals surface area (Å²) in [4.78, 5) is 22.5. The van der Waals surface area contributed by atoms with Crippen molar-refractivity contribution >= 4 is 12.4 Å². The van der Waals surface area contributed by atoms with Crippen molar-refractivity contribution in [3.63, 3.8) is 0 Å². The van der Waals surface area contributed by atoms with Gasteiger partial charge >= 0.3 is 5.97 Å². The zero-order chi connectivity index (χ0) is 10.3. The number of hydrogen-bond donors (Lipinski definition) is 0. The molecule has 0 aromatic heterocycles. The molecule has 0 N–H and O–H groups in total. The van der Waals surface area contributed by atoms with E-state index in [1.807, 2.05) is 0 Å². The van der Waals surface area contributed by atoms with Crippen LogP contribution in [0.5, 0.6) is 0 Å². The molecule has 0 atom stereocenters. The quantitative estimate of drug-likeness (QED) is 0.346. The number of ether oxygens (including phenoxy) is 1. The van der Waals surface area contributed by atoms with E-state index in [0.29, 0.717) is 13.0 Å². The molecule has 0 unspecified atom stereocenters. The Balaban J connectivity index is 4.05. The molecule has 0 saturated carbocycles. The minimum atomic E-state index is -0.490. The summed E-state index contributed by atoms with van der Waals surface area (Å²) in [5, 5.41) is 0. The van der Waals surface area contributed by atoms with Gasteiger partial charge in [0.2, 0.25) is 6.41 Å². The van der Waals surface area contributed by atoms with Crippen molar-refractivity contribution in [2.45, 2.75) is 6.92 Å². The first-order valence-corrected chi connectivity index (χ1v) is 3.84. The fraction of sp³-hybridized carbons (Fsp3) is 0.333. The van der Waals surface area contributed by atoms with Crippen LogP contribution in [0.2, 0.25) is 0 Å². The summed E-state index contributed by atoms with van der Waals surface area (Å²) in [6.45, 7) is 9.00. The van der Waals surface area contributed by atoms with Crippen molar-refractivity contribution < 1.29 is 14.3 Å². The number of amides is 1. The second-order valence-corrected chi connectivity index (χ2v) is 2.28. The van der Waals surface area contributed by atoms with Crippen molar-refractivity contribution in [1.29, 1.82) is 0 Å². The van der Waals surface area contributed by atoms with Crippen molar-refractivity contribution in [3.8, 4) is 0 Å². The molecular weight excluding hydrogens is 170 g/mol. The number of hydrogen-bond acceptors (Lipinski definition) is 3. The third-order valence-corrected chi connectivity index (χ3v) is 1.31. The Hall–Kier alpha value is -1.58. The molecule has 4 nitrogen and oxygen atoms in total. The molecule has 0 saturated heterocycles. The first kappa shape index (κ1) is 11.4. The topological polar surface area (TPSA) is 46.6 Å². The predicted molar refractivity (Wildman–Crippen MR) is 48.7 cm³/mol. The summed E-state index contributed by atoms with van der Waals surface area (Å²) in [6, 6.07) is 0. The molecule has 0 bridgehead atoms. The third kappa shape index (κ3) is 4.10. The normalized spacial score (nSPS) is 8.69. The van der Waals surface area contributed by atoms with E-state index in [9.17, 15) is 9.59 Å². The molecule has 72 valence electrons. The molecule has 0 fully saturated rings. The van der Waals surface area contributed by atoms with Gasteiger partial charge in [-0.2, -0.15) is 0 Å². The van der Waals surface area contributed by atoms with E-state index in [1.54, 1.807) is 6.92 Å². The summed E-state index contributed by atoms with van der Waals surface area (Å²) in [7, 11) is 0. The number of nitrogens with zero attached hydrogens (tertiary/aromatic N) is 1. The molecule has 4 heteroatoms. The zero-order valence-corrected chi connectivity index (χ0v) is 7.66. The third-order valence-electron chi connectivity index (χ3n) is 1.31. The summed E-state index contributed by atoms with van der Waals surface area (Å²) in [6.07, 6.45) is 1.88. The Morgan fingerprint density at radius 3 is 2.62 bits per heavy atom. The Morgan fingerprint density at radius 2 is 2.23 bits per heavy atom. The summed E-state index contributed by atoms with van der Waals surface area (Å²) < 4.78 is 4.68. The Bertz CT molecular complexity index is 215. The fourth-order valence-corrected chi connectivity index (χ4v) is 0.663. The molecular formula is C9H13NO3. The van der Waals surface area contributed by atoms with Gasteiger partial charge in [-0.1, -0.05) is 13.2 Å². The molecule has 13 heavy (non-hydrogen) atoms. The van der Waals surface area contributed by atoms with Crippen LogP contribution in [0.25, 0.3) is 0 Å². The van der Waals surface area contributed by atoms with E-state index < -0.39 is 5.97 Å². The maximum absolute atomic E-state index is 11.0. The molecule has 0 aliphatic carbocycles. The lowest BCUT2D eigenvalue weighted by Crippen LogP contribution is -2.22. The monoisotopic (exact) mass is 183 g/mol. The molecule has 0 heterocycles. The van der Waals surface area contributed by atoms with E-state index in [2.05, 4.69) is 17.9 Å². The van der Waals surface area contributed by atoms with Crippen molar-refractivity contribution in [2.24, 2.45) is 0 Å². The molecule has 0 aliphatic heterocycles. The Labute approximate surface area is 77.5 Å². The fourth-order valence-electron chi connectivity index (χ4n) is 0.663. The highest BCUT2D eigenvalue weighted by atomic mass is 16.5. The van der Waals surface area contributed by atoms with Crippen LogP contribution in [-0.2, 0) is 14.3 Å². The van der Waals surface area contributed by atoms with Crippen LogP contribution in [0.3, 0.4) is 0 Å². The van der Waals surface area contributed by atoms with Crippen LogP contribution >= 0.6 is 0 Å². The number of rotatable bonds is 6. The van der Waals surface area contributed by atoms with Gasteiger partial charge in [-0.05, 0) is 13.1 Å². The highest BCUT2D eigenvalue weighted by Gasteiger charge is 2.09. The summed E-state index contributed by atoms with van der Waals surface area (Å²) in [5.41, 5.74) is 0.230. The van der Waals surface area contributed by atoms with E-state index in [-0.39, 0.29) is 12.1 Å². The van der Waals surface area contributed by atoms with Gasteiger partial charge in [-0.25, -0.2) is 4.79 Å². The molecule has 0 radical (unpaired) electrons. The van der Waals surface area contributed by atoms with E-state index in [1.165, 1.54) is 11.1 Å². The van der Waals surface area contributed by atoms with Crippen LogP contribution in [0.1, 0.15) is 6.92 Å². The minimum Gasteiger partial charge on any atom is -0.463 e. The lowest BCUT2D eigenvalue weighted by molar-refractivity contribution is -0.138. The van der Waals surface area contributed by atoms with Gasteiger partial charge in [-0.3, -0.25) is 4.79 Å². The lowest BCUT2D eigenvalue weighted by Gasteiger charge is -2.12. The maximum Gasteiger partial charge on any atom is 0.335 e. The van der Waals surface area contributed by atoms with Crippen molar-refractivity contribution in [2.75, 3.05) is 13.2 Å². The predicted octanol–water partition coefficient (Wildman–Crippen LogP) is 0.708. The smallest absolute Gasteiger partial charge is 0.335 e. The average molecular weight is 183 g/mol. The van der Waals surface area contributed by atoms with Gasteiger partial charge in [0.05, 0.1) is 13.2 Å². The molecule has 1 amide bonds. The van der Waals surface area contributed by atoms with Gasteiger partial charge in [0.15, 0.2) is 0 Å². The first-order valence-electron chi connectivity index (χ1n) is 3.84. The first-order chi connectivity index (χ1) is 6.15. The van der Waals surface area contributed by atoms with Crippen LogP contribution in [0.15, 0.2) is 24.9 Å². The molecule has 0 aromatic rings. The summed E-state index contributed by atoms with van der Waals surface area (Å²) >= 11 is 0. The van der Waals surface area contributed by atoms with Crippen molar-refractivity contribution in [1.82, 2.24) is 4.90 Å². The molecule has 0 spiro atoms. The molecule has 0 aromatic carbocycles. The lowest BCUT2D eigenvalue weighted by atomic mass is 10.3. The van der Waals surface area contributed by atoms with Gasteiger partial charge in [-0.15, -0.1) is 0 Å². The van der Waals surface area contributed by atoms with Gasteiger partial charge < -0.3 is 9.64 Å². The second kappa shape index (κ2) is 5.99. The molecule has 0 aliphatic rings. The highest BCUT2D eigenvalue weighted by Crippen LogP contribution is 1.98. The van der Waals surface area contributed by atoms with Gasteiger partial charge in [0.1, 0.15) is 0 Å². The van der Waals surface area contributed by atoms with Crippen molar-refractivity contribution in [3.05, 3.63) is 24.9 Å². The van der Waals surface area contributed by atoms with Gasteiger partial charge in [0, 0.05) is 5.57 Å². The largest absolute Gasteiger partial charge is 0.463 e. The van der Waals surface area contributed by atoms with Crippen LogP contribution in [0.4, 0.5) is 0 Å². The van der Waals surface area contributed by atoms with Crippen LogP contribution in [0, 0.1) is 0 Å². The maximum atomic E-state index is 11.0. The minimum absolute atomic E-state index is 0.117. The number of carbonyl (C=O) groups excluding carboxylic acids is 2. The second-order valence-electron chi connectivity index (χ2n) is 2.28. The Morgan fingerprint density at radius 1 is 1.62 bits per heavy atom. The van der Waals surface area contributed by atoms with Crippen LogP contribution < -0.4 is 0 Å². The van der Waals surface area contributed by atoms with Gasteiger partial charge in [0.25, 0.3) is 0 Å². The standard InChI is InChI=1S/C9H13NO3/c1-4-10(7-11)6-8(3)9(12)13-5-2/h4,7H,1,3,5-6H2,2H3. The van der Waals surface area contributed by atoms with Crippen LogP contribution in [-0.4, -0.2) is 30.4 Å². The zero-order valence-electron chi connectivity index (χ0n) is 7.66. The van der Waals surface area contributed by atoms with E-state index in [4.69, 9.17) is 0 Å². The van der Waals surface area contributed by atoms with E-state index in [0.717, 1.165) is 0 Å².